The molecule has 4 nitrogen and oxygen atoms in total. The second-order valence-corrected chi connectivity index (χ2v) is 5.25. The molecule has 0 aliphatic carbocycles. The lowest BCUT2D eigenvalue weighted by atomic mass is 9.94. The standard InChI is InChI=1S/C16H34N4/c1-8-18(9-2)15(19(10-3)11-4)16(7,14-17)20(12-5)13-6/h15H,8-13H2,1-7H3. The summed E-state index contributed by atoms with van der Waals surface area (Å²) in [5.74, 6) is 0. The normalized spacial score (nSPS) is 15.1. The highest BCUT2D eigenvalue weighted by Gasteiger charge is 2.44. The Morgan fingerprint density at radius 2 is 1.15 bits per heavy atom. The van der Waals surface area contributed by atoms with Crippen LogP contribution in [0.25, 0.3) is 0 Å². The molecule has 0 aromatic heterocycles. The molecule has 0 radical (unpaired) electrons. The van der Waals surface area contributed by atoms with Gasteiger partial charge in [0, 0.05) is 0 Å². The Balaban J connectivity index is 5.72. The van der Waals surface area contributed by atoms with E-state index in [2.05, 4.69) is 69.2 Å². The van der Waals surface area contributed by atoms with Crippen LogP contribution >= 0.6 is 0 Å². The van der Waals surface area contributed by atoms with E-state index in [9.17, 15) is 5.26 Å². The Bertz CT molecular complexity index is 275. The van der Waals surface area contributed by atoms with E-state index in [-0.39, 0.29) is 6.17 Å². The summed E-state index contributed by atoms with van der Waals surface area (Å²) in [6.45, 7) is 20.8. The molecule has 0 aromatic rings. The molecule has 0 heterocycles. The first-order valence-electron chi connectivity index (χ1n) is 8.14. The Kier molecular flexibility index (Phi) is 9.04. The topological polar surface area (TPSA) is 33.5 Å². The van der Waals surface area contributed by atoms with Crippen LogP contribution in [-0.4, -0.2) is 65.7 Å². The second kappa shape index (κ2) is 9.33. The molecule has 0 fully saturated rings. The summed E-state index contributed by atoms with van der Waals surface area (Å²) in [5.41, 5.74) is -0.485. The van der Waals surface area contributed by atoms with Crippen LogP contribution in [0.5, 0.6) is 0 Å². The molecule has 118 valence electrons. The van der Waals surface area contributed by atoms with Crippen molar-refractivity contribution < 1.29 is 0 Å². The Hall–Kier alpha value is -0.630. The molecule has 20 heavy (non-hydrogen) atoms. The van der Waals surface area contributed by atoms with E-state index in [4.69, 9.17) is 0 Å². The predicted molar refractivity (Wildman–Crippen MR) is 86.6 cm³/mol. The fourth-order valence-corrected chi connectivity index (χ4v) is 3.25. The van der Waals surface area contributed by atoms with Gasteiger partial charge in [-0.2, -0.15) is 5.26 Å². The lowest BCUT2D eigenvalue weighted by molar-refractivity contribution is -0.0402. The highest BCUT2D eigenvalue weighted by atomic mass is 15.4. The summed E-state index contributed by atoms with van der Waals surface area (Å²) in [5, 5.41) is 9.92. The van der Waals surface area contributed by atoms with E-state index in [1.807, 2.05) is 0 Å². The fraction of sp³-hybridized carbons (Fsp3) is 0.938. The van der Waals surface area contributed by atoms with Gasteiger partial charge in [0.25, 0.3) is 0 Å². The van der Waals surface area contributed by atoms with E-state index < -0.39 is 5.54 Å². The summed E-state index contributed by atoms with van der Waals surface area (Å²) >= 11 is 0. The quantitative estimate of drug-likeness (QED) is 0.577. The van der Waals surface area contributed by atoms with Gasteiger partial charge in [-0.15, -0.1) is 0 Å². The summed E-state index contributed by atoms with van der Waals surface area (Å²) < 4.78 is 0. The lowest BCUT2D eigenvalue weighted by Gasteiger charge is -2.49. The number of nitrogens with zero attached hydrogens (tertiary/aromatic N) is 4. The first-order chi connectivity index (χ1) is 9.50. The van der Waals surface area contributed by atoms with Crippen LogP contribution in [0.4, 0.5) is 0 Å². The number of hydrogen-bond donors (Lipinski definition) is 0. The van der Waals surface area contributed by atoms with Gasteiger partial charge in [-0.05, 0) is 46.2 Å². The first kappa shape index (κ1) is 19.4. The van der Waals surface area contributed by atoms with Crippen molar-refractivity contribution in [2.75, 3.05) is 39.3 Å². The molecule has 0 aliphatic heterocycles. The van der Waals surface area contributed by atoms with Gasteiger partial charge in [0.15, 0.2) is 0 Å². The average molecular weight is 282 g/mol. The van der Waals surface area contributed by atoms with Gasteiger partial charge in [-0.25, -0.2) is 0 Å². The summed E-state index contributed by atoms with van der Waals surface area (Å²) in [6, 6.07) is 2.62. The number of rotatable bonds is 10. The minimum Gasteiger partial charge on any atom is -0.286 e. The molecular weight excluding hydrogens is 248 g/mol. The van der Waals surface area contributed by atoms with Crippen LogP contribution in [0.2, 0.25) is 0 Å². The SMILES string of the molecule is CCN(CC)C(N(CC)CC)C(C)(C#N)N(CC)CC. The average Bonchev–Trinajstić information content (AvgIpc) is 2.48. The zero-order chi connectivity index (χ0) is 15.8. The highest BCUT2D eigenvalue weighted by Crippen LogP contribution is 2.26. The predicted octanol–water partition coefficient (Wildman–Crippen LogP) is 2.62. The van der Waals surface area contributed by atoms with Gasteiger partial charge >= 0.3 is 0 Å². The summed E-state index contributed by atoms with van der Waals surface area (Å²) in [6.07, 6.45) is 0.136. The molecule has 4 heteroatoms. The maximum absolute atomic E-state index is 9.92. The third kappa shape index (κ3) is 3.94. The van der Waals surface area contributed by atoms with E-state index in [0.717, 1.165) is 39.3 Å². The van der Waals surface area contributed by atoms with Crippen molar-refractivity contribution in [3.63, 3.8) is 0 Å². The van der Waals surface area contributed by atoms with Crippen molar-refractivity contribution in [3.8, 4) is 6.07 Å². The number of likely N-dealkylation sites (N-methyl/N-ethyl adjacent to an activating group) is 3. The van der Waals surface area contributed by atoms with Crippen molar-refractivity contribution in [1.82, 2.24) is 14.7 Å². The minimum atomic E-state index is -0.485. The number of hydrogen-bond acceptors (Lipinski definition) is 4. The molecular formula is C16H34N4. The van der Waals surface area contributed by atoms with Crippen LogP contribution in [0, 0.1) is 11.3 Å². The van der Waals surface area contributed by atoms with Crippen LogP contribution in [0.3, 0.4) is 0 Å². The largest absolute Gasteiger partial charge is 0.286 e. The zero-order valence-corrected chi connectivity index (χ0v) is 14.6. The van der Waals surface area contributed by atoms with Crippen LogP contribution in [0.15, 0.2) is 0 Å². The van der Waals surface area contributed by atoms with Gasteiger partial charge in [-0.3, -0.25) is 14.7 Å². The van der Waals surface area contributed by atoms with E-state index in [1.54, 1.807) is 0 Å². The van der Waals surface area contributed by atoms with Crippen LogP contribution in [-0.2, 0) is 0 Å². The van der Waals surface area contributed by atoms with E-state index in [0.29, 0.717) is 0 Å². The maximum atomic E-state index is 9.92. The zero-order valence-electron chi connectivity index (χ0n) is 14.6. The van der Waals surface area contributed by atoms with Gasteiger partial charge in [0.2, 0.25) is 0 Å². The molecule has 1 unspecified atom stereocenters. The molecule has 0 amide bonds. The maximum Gasteiger partial charge on any atom is 0.135 e. The number of nitriles is 1. The first-order valence-corrected chi connectivity index (χ1v) is 8.14. The summed E-state index contributed by atoms with van der Waals surface area (Å²) in [7, 11) is 0. The second-order valence-electron chi connectivity index (χ2n) is 5.25. The van der Waals surface area contributed by atoms with Crippen LogP contribution in [0.1, 0.15) is 48.5 Å². The smallest absolute Gasteiger partial charge is 0.135 e. The van der Waals surface area contributed by atoms with Gasteiger partial charge in [0.1, 0.15) is 5.54 Å². The van der Waals surface area contributed by atoms with E-state index in [1.165, 1.54) is 0 Å². The fourth-order valence-electron chi connectivity index (χ4n) is 3.25. The van der Waals surface area contributed by atoms with Crippen LogP contribution < -0.4 is 0 Å². The third-order valence-electron chi connectivity index (χ3n) is 4.47. The Labute approximate surface area is 126 Å². The molecule has 0 rings (SSSR count). The Morgan fingerprint density at radius 1 is 0.800 bits per heavy atom. The highest BCUT2D eigenvalue weighted by molar-refractivity contribution is 5.12. The molecule has 0 bridgehead atoms. The van der Waals surface area contributed by atoms with Crippen molar-refractivity contribution in [1.29, 1.82) is 5.26 Å². The van der Waals surface area contributed by atoms with E-state index >= 15 is 0 Å². The van der Waals surface area contributed by atoms with Crippen molar-refractivity contribution >= 4 is 0 Å². The molecule has 0 N–H and O–H groups in total. The van der Waals surface area contributed by atoms with Crippen molar-refractivity contribution in [3.05, 3.63) is 0 Å². The van der Waals surface area contributed by atoms with Gasteiger partial charge < -0.3 is 0 Å². The van der Waals surface area contributed by atoms with Gasteiger partial charge in [-0.1, -0.05) is 41.5 Å². The summed E-state index contributed by atoms with van der Waals surface area (Å²) in [4.78, 5) is 7.11. The lowest BCUT2D eigenvalue weighted by Crippen LogP contribution is -2.66. The Morgan fingerprint density at radius 3 is 1.35 bits per heavy atom. The molecule has 0 aliphatic rings. The molecule has 0 aromatic carbocycles. The van der Waals surface area contributed by atoms with Crippen molar-refractivity contribution in [2.24, 2.45) is 0 Å². The molecule has 0 saturated carbocycles. The van der Waals surface area contributed by atoms with Crippen molar-refractivity contribution in [2.45, 2.75) is 60.2 Å². The molecule has 0 spiro atoms. The third-order valence-corrected chi connectivity index (χ3v) is 4.47. The minimum absolute atomic E-state index is 0.136. The molecule has 0 saturated heterocycles. The molecule has 1 atom stereocenters. The monoisotopic (exact) mass is 282 g/mol. The van der Waals surface area contributed by atoms with Gasteiger partial charge in [0.05, 0.1) is 12.2 Å².